The van der Waals surface area contributed by atoms with Gasteiger partial charge in [0.2, 0.25) is 0 Å². The number of rotatable bonds is 3. The van der Waals surface area contributed by atoms with Crippen LogP contribution in [0.3, 0.4) is 0 Å². The molecule has 6 heteroatoms. The third-order valence-corrected chi connectivity index (χ3v) is 4.22. The molecule has 0 fully saturated rings. The molecule has 0 spiro atoms. The Hall–Kier alpha value is -1.80. The van der Waals surface area contributed by atoms with E-state index in [9.17, 15) is 9.18 Å². The van der Waals surface area contributed by atoms with Crippen molar-refractivity contribution in [2.24, 2.45) is 5.73 Å². The van der Waals surface area contributed by atoms with Gasteiger partial charge in [-0.2, -0.15) is 0 Å². The van der Waals surface area contributed by atoms with E-state index >= 15 is 0 Å². The highest BCUT2D eigenvalue weighted by atomic mass is 127. The summed E-state index contributed by atoms with van der Waals surface area (Å²) in [4.78, 5) is 17.4. The van der Waals surface area contributed by atoms with Crippen molar-refractivity contribution in [1.82, 2.24) is 9.55 Å². The van der Waals surface area contributed by atoms with E-state index in [1.807, 2.05) is 12.1 Å². The molecule has 0 saturated heterocycles. The van der Waals surface area contributed by atoms with Crippen LogP contribution in [0.5, 0.6) is 0 Å². The van der Waals surface area contributed by atoms with Gasteiger partial charge in [-0.25, -0.2) is 9.37 Å². The molecule has 3 rings (SSSR count). The van der Waals surface area contributed by atoms with Gasteiger partial charge in [0, 0.05) is 9.99 Å². The Balaban J connectivity index is 2.39. The first-order valence-electron chi connectivity index (χ1n) is 6.78. The quantitative estimate of drug-likeness (QED) is 0.677. The summed E-state index contributed by atoms with van der Waals surface area (Å²) in [5.74, 6) is 0.139. The molecule has 0 amide bonds. The second-order valence-corrected chi connectivity index (χ2v) is 5.99. The van der Waals surface area contributed by atoms with Gasteiger partial charge in [-0.1, -0.05) is 12.1 Å². The van der Waals surface area contributed by atoms with Crippen LogP contribution in [0.2, 0.25) is 0 Å². The number of halogens is 2. The molecule has 22 heavy (non-hydrogen) atoms. The van der Waals surface area contributed by atoms with Crippen molar-refractivity contribution < 1.29 is 4.39 Å². The molecule has 0 aliphatic heterocycles. The van der Waals surface area contributed by atoms with E-state index in [0.717, 1.165) is 3.57 Å². The largest absolute Gasteiger partial charge is 0.330 e. The molecule has 3 aromatic rings. The summed E-state index contributed by atoms with van der Waals surface area (Å²) in [6.07, 6.45) is 0.437. The number of hydrogen-bond donors (Lipinski definition) is 1. The Kier molecular flexibility index (Phi) is 4.21. The first-order chi connectivity index (χ1) is 10.6. The second-order valence-electron chi connectivity index (χ2n) is 4.82. The van der Waals surface area contributed by atoms with E-state index in [-0.39, 0.29) is 5.56 Å². The molecule has 1 heterocycles. The fraction of sp³-hybridized carbons (Fsp3) is 0.125. The van der Waals surface area contributed by atoms with Crippen LogP contribution < -0.4 is 11.3 Å². The first-order valence-corrected chi connectivity index (χ1v) is 7.86. The van der Waals surface area contributed by atoms with Gasteiger partial charge in [-0.3, -0.25) is 9.36 Å². The third-order valence-electron chi connectivity index (χ3n) is 3.35. The number of fused-ring (bicyclic) bond motifs is 1. The maximum atomic E-state index is 13.5. The van der Waals surface area contributed by atoms with Crippen molar-refractivity contribution in [3.8, 4) is 5.69 Å². The van der Waals surface area contributed by atoms with Gasteiger partial charge in [0.25, 0.3) is 5.56 Å². The fourth-order valence-electron chi connectivity index (χ4n) is 2.40. The zero-order valence-electron chi connectivity index (χ0n) is 11.6. The highest BCUT2D eigenvalue weighted by molar-refractivity contribution is 14.1. The van der Waals surface area contributed by atoms with Crippen molar-refractivity contribution in [2.45, 2.75) is 6.42 Å². The van der Waals surface area contributed by atoms with Crippen LogP contribution in [0.25, 0.3) is 16.6 Å². The van der Waals surface area contributed by atoms with Crippen molar-refractivity contribution >= 4 is 33.5 Å². The lowest BCUT2D eigenvalue weighted by atomic mass is 10.2. The van der Waals surface area contributed by atoms with E-state index in [4.69, 9.17) is 5.73 Å². The van der Waals surface area contributed by atoms with E-state index in [0.29, 0.717) is 35.4 Å². The number of para-hydroxylation sites is 1. The molecule has 0 aliphatic rings. The van der Waals surface area contributed by atoms with E-state index in [1.54, 1.807) is 18.2 Å². The Morgan fingerprint density at radius 2 is 2.00 bits per heavy atom. The average Bonchev–Trinajstić information content (AvgIpc) is 2.49. The van der Waals surface area contributed by atoms with E-state index in [2.05, 4.69) is 27.6 Å². The predicted molar refractivity (Wildman–Crippen MR) is 92.8 cm³/mol. The maximum absolute atomic E-state index is 13.5. The summed E-state index contributed by atoms with van der Waals surface area (Å²) < 4.78 is 15.9. The van der Waals surface area contributed by atoms with Crippen molar-refractivity contribution in [3.63, 3.8) is 0 Å². The Morgan fingerprint density at radius 3 is 2.73 bits per heavy atom. The van der Waals surface area contributed by atoms with Crippen molar-refractivity contribution in [3.05, 3.63) is 68.0 Å². The smallest absolute Gasteiger partial charge is 0.266 e. The number of hydrogen-bond acceptors (Lipinski definition) is 3. The maximum Gasteiger partial charge on any atom is 0.266 e. The van der Waals surface area contributed by atoms with Gasteiger partial charge in [-0.15, -0.1) is 0 Å². The zero-order valence-corrected chi connectivity index (χ0v) is 13.7. The lowest BCUT2D eigenvalue weighted by Gasteiger charge is -2.13. The molecule has 0 unspecified atom stereocenters. The van der Waals surface area contributed by atoms with Crippen LogP contribution in [0.1, 0.15) is 5.82 Å². The van der Waals surface area contributed by atoms with Crippen LogP contribution in [0.15, 0.2) is 47.3 Å². The molecule has 2 N–H and O–H groups in total. The molecular weight excluding hydrogens is 396 g/mol. The van der Waals surface area contributed by atoms with Crippen molar-refractivity contribution in [2.75, 3.05) is 6.54 Å². The number of aromatic nitrogens is 2. The van der Waals surface area contributed by atoms with Gasteiger partial charge in [0.05, 0.1) is 16.6 Å². The number of benzene rings is 2. The molecule has 2 aromatic carbocycles. The minimum Gasteiger partial charge on any atom is -0.330 e. The van der Waals surface area contributed by atoms with Crippen LogP contribution in [-0.4, -0.2) is 16.1 Å². The summed E-state index contributed by atoms with van der Waals surface area (Å²) >= 11 is 2.15. The number of nitrogens with zero attached hydrogens (tertiary/aromatic N) is 2. The third kappa shape index (κ3) is 2.64. The minimum atomic E-state index is -0.397. The average molecular weight is 409 g/mol. The number of nitrogens with two attached hydrogens (primary N) is 1. The Bertz CT molecular complexity index is 908. The molecule has 0 radical (unpaired) electrons. The summed E-state index contributed by atoms with van der Waals surface area (Å²) in [5.41, 5.74) is 6.54. The lowest BCUT2D eigenvalue weighted by Crippen LogP contribution is -2.25. The summed E-state index contributed by atoms with van der Waals surface area (Å²) in [6.45, 7) is 0.358. The van der Waals surface area contributed by atoms with Gasteiger partial charge < -0.3 is 5.73 Å². The Labute approximate surface area is 139 Å². The fourth-order valence-corrected chi connectivity index (χ4v) is 3.02. The molecule has 112 valence electrons. The predicted octanol–water partition coefficient (Wildman–Crippen LogP) is 2.63. The lowest BCUT2D eigenvalue weighted by molar-refractivity contribution is 0.625. The van der Waals surface area contributed by atoms with Gasteiger partial charge in [-0.05, 0) is 59.5 Å². The van der Waals surface area contributed by atoms with E-state index in [1.165, 1.54) is 16.7 Å². The SMILES string of the molecule is NCCc1nc2c(I)cccc2c(=O)n1-c1cccc(F)c1. The first kappa shape index (κ1) is 15.1. The van der Waals surface area contributed by atoms with Crippen LogP contribution in [0, 0.1) is 9.39 Å². The minimum absolute atomic E-state index is 0.211. The molecule has 0 atom stereocenters. The summed E-state index contributed by atoms with van der Waals surface area (Å²) in [5, 5.41) is 0.511. The standard InChI is InChI=1S/C16H13FIN3O/c17-10-3-1-4-11(9-10)21-14(7-8-19)20-15-12(16(21)22)5-2-6-13(15)18/h1-6,9H,7-8,19H2. The molecule has 0 saturated carbocycles. The highest BCUT2D eigenvalue weighted by Crippen LogP contribution is 2.18. The van der Waals surface area contributed by atoms with Crippen LogP contribution in [-0.2, 0) is 6.42 Å². The van der Waals surface area contributed by atoms with Gasteiger partial charge in [0.15, 0.2) is 0 Å². The second kappa shape index (κ2) is 6.13. The van der Waals surface area contributed by atoms with Crippen molar-refractivity contribution in [1.29, 1.82) is 0 Å². The van der Waals surface area contributed by atoms with Crippen LogP contribution in [0.4, 0.5) is 4.39 Å². The monoisotopic (exact) mass is 409 g/mol. The molecule has 1 aromatic heterocycles. The van der Waals surface area contributed by atoms with Crippen LogP contribution >= 0.6 is 22.6 Å². The normalized spacial score (nSPS) is 11.0. The molecule has 0 aliphatic carbocycles. The summed E-state index contributed by atoms with van der Waals surface area (Å²) in [6, 6.07) is 11.4. The Morgan fingerprint density at radius 1 is 1.23 bits per heavy atom. The molecule has 4 nitrogen and oxygen atoms in total. The van der Waals surface area contributed by atoms with Gasteiger partial charge >= 0.3 is 0 Å². The van der Waals surface area contributed by atoms with E-state index < -0.39 is 5.82 Å². The van der Waals surface area contributed by atoms with Gasteiger partial charge in [0.1, 0.15) is 11.6 Å². The molecular formula is C16H13FIN3O. The topological polar surface area (TPSA) is 60.9 Å². The summed E-state index contributed by atoms with van der Waals surface area (Å²) in [7, 11) is 0. The molecule has 0 bridgehead atoms. The highest BCUT2D eigenvalue weighted by Gasteiger charge is 2.14. The zero-order chi connectivity index (χ0) is 15.7.